The Labute approximate surface area is 110 Å². The quantitative estimate of drug-likeness (QED) is 0.839. The molecule has 1 heterocycles. The highest BCUT2D eigenvalue weighted by atomic mass is 15.4. The number of aromatic nitrogens is 2. The van der Waals surface area contributed by atoms with Crippen molar-refractivity contribution in [2.75, 3.05) is 18.5 Å². The molecular weight excluding hydrogens is 224 g/mol. The van der Waals surface area contributed by atoms with Gasteiger partial charge in [-0.3, -0.25) is 4.68 Å². The molecule has 1 aromatic rings. The number of nitrogens with one attached hydrogen (secondary N) is 1. The summed E-state index contributed by atoms with van der Waals surface area (Å²) < 4.78 is 2.03. The van der Waals surface area contributed by atoms with Crippen molar-refractivity contribution in [3.63, 3.8) is 0 Å². The monoisotopic (exact) mass is 250 g/mol. The van der Waals surface area contributed by atoms with Crippen LogP contribution in [-0.4, -0.2) is 29.4 Å². The average molecular weight is 250 g/mol. The lowest BCUT2D eigenvalue weighted by Gasteiger charge is -2.28. The highest BCUT2D eigenvalue weighted by Gasteiger charge is 2.32. The Kier molecular flexibility index (Phi) is 3.95. The van der Waals surface area contributed by atoms with Crippen LogP contribution >= 0.6 is 0 Å². The molecule has 4 nitrogen and oxygen atoms in total. The summed E-state index contributed by atoms with van der Waals surface area (Å²) in [5, 5.41) is 8.00. The molecule has 2 rings (SSSR count). The Hall–Kier alpha value is -1.03. The third kappa shape index (κ3) is 2.53. The van der Waals surface area contributed by atoms with Gasteiger partial charge in [-0.15, -0.1) is 0 Å². The molecule has 1 aliphatic rings. The largest absolute Gasteiger partial charge is 0.357 e. The summed E-state index contributed by atoms with van der Waals surface area (Å²) in [6, 6.07) is 0.611. The fourth-order valence-corrected chi connectivity index (χ4v) is 2.68. The summed E-state index contributed by atoms with van der Waals surface area (Å²) in [6.07, 6.45) is 2.76. The van der Waals surface area contributed by atoms with Crippen LogP contribution in [0.3, 0.4) is 0 Å². The van der Waals surface area contributed by atoms with Gasteiger partial charge in [0.2, 0.25) is 0 Å². The van der Waals surface area contributed by atoms with E-state index in [2.05, 4.69) is 43.1 Å². The summed E-state index contributed by atoms with van der Waals surface area (Å²) in [5.41, 5.74) is 2.48. The van der Waals surface area contributed by atoms with Crippen molar-refractivity contribution in [3.8, 4) is 0 Å². The normalized spacial score (nSPS) is 16.9. The van der Waals surface area contributed by atoms with Crippen molar-refractivity contribution in [1.82, 2.24) is 15.1 Å². The van der Waals surface area contributed by atoms with Crippen LogP contribution in [0.5, 0.6) is 0 Å². The summed E-state index contributed by atoms with van der Waals surface area (Å²) in [4.78, 5) is 2.41. The fraction of sp³-hybridized carbons (Fsp3) is 0.786. The van der Waals surface area contributed by atoms with E-state index in [0.29, 0.717) is 6.04 Å². The van der Waals surface area contributed by atoms with Gasteiger partial charge in [-0.05, 0) is 39.2 Å². The molecule has 1 saturated carbocycles. The van der Waals surface area contributed by atoms with Crippen LogP contribution in [0.2, 0.25) is 0 Å². The van der Waals surface area contributed by atoms with Crippen LogP contribution in [0.15, 0.2) is 0 Å². The molecule has 102 valence electrons. The van der Waals surface area contributed by atoms with Crippen LogP contribution in [0.4, 0.5) is 5.82 Å². The van der Waals surface area contributed by atoms with E-state index >= 15 is 0 Å². The molecule has 1 aromatic heterocycles. The molecule has 1 aliphatic carbocycles. The number of anilines is 1. The average Bonchev–Trinajstić information content (AvgIpc) is 3.12. The fourth-order valence-electron chi connectivity index (χ4n) is 2.68. The summed E-state index contributed by atoms with van der Waals surface area (Å²) in [6.45, 7) is 8.48. The predicted molar refractivity (Wildman–Crippen MR) is 75.9 cm³/mol. The molecule has 0 bridgehead atoms. The molecule has 0 aliphatic heterocycles. The minimum absolute atomic E-state index is 0.611. The molecule has 1 unspecified atom stereocenters. The smallest absolute Gasteiger partial charge is 0.131 e. The predicted octanol–water partition coefficient (Wildman–Crippen LogP) is 2.07. The SMILES string of the molecule is CCNCc1c(C)nn(C)c1N(C)C(C)C1CC1. The van der Waals surface area contributed by atoms with Gasteiger partial charge in [0.25, 0.3) is 0 Å². The lowest BCUT2D eigenvalue weighted by atomic mass is 10.1. The number of aryl methyl sites for hydroxylation is 2. The molecular formula is C14H26N4. The molecule has 0 amide bonds. The lowest BCUT2D eigenvalue weighted by molar-refractivity contribution is 0.583. The maximum atomic E-state index is 4.58. The van der Waals surface area contributed by atoms with Crippen LogP contribution in [0.1, 0.15) is 37.9 Å². The first-order valence-corrected chi connectivity index (χ1v) is 7.02. The van der Waals surface area contributed by atoms with E-state index in [-0.39, 0.29) is 0 Å². The third-order valence-electron chi connectivity index (χ3n) is 4.11. The van der Waals surface area contributed by atoms with Crippen molar-refractivity contribution in [2.24, 2.45) is 13.0 Å². The molecule has 0 aromatic carbocycles. The second-order valence-corrected chi connectivity index (χ2v) is 5.48. The van der Waals surface area contributed by atoms with Gasteiger partial charge in [0.05, 0.1) is 5.69 Å². The summed E-state index contributed by atoms with van der Waals surface area (Å²) >= 11 is 0. The topological polar surface area (TPSA) is 33.1 Å². The van der Waals surface area contributed by atoms with Gasteiger partial charge in [-0.1, -0.05) is 6.92 Å². The number of nitrogens with zero attached hydrogens (tertiary/aromatic N) is 3. The van der Waals surface area contributed by atoms with Gasteiger partial charge in [-0.2, -0.15) is 5.10 Å². The van der Waals surface area contributed by atoms with Crippen molar-refractivity contribution >= 4 is 5.82 Å². The maximum Gasteiger partial charge on any atom is 0.131 e. The first-order chi connectivity index (χ1) is 8.56. The summed E-state index contributed by atoms with van der Waals surface area (Å²) in [5.74, 6) is 2.14. The number of rotatable bonds is 6. The standard InChI is InChI=1S/C14H26N4/c1-6-15-9-13-10(2)16-18(5)14(13)17(4)11(3)12-7-8-12/h11-12,15H,6-9H2,1-5H3. The second kappa shape index (κ2) is 5.31. The number of hydrogen-bond acceptors (Lipinski definition) is 3. The van der Waals surface area contributed by atoms with E-state index in [1.165, 1.54) is 24.2 Å². The van der Waals surface area contributed by atoms with E-state index in [9.17, 15) is 0 Å². The molecule has 0 radical (unpaired) electrons. The van der Waals surface area contributed by atoms with E-state index in [4.69, 9.17) is 0 Å². The molecule has 4 heteroatoms. The minimum Gasteiger partial charge on any atom is -0.357 e. The second-order valence-electron chi connectivity index (χ2n) is 5.48. The zero-order valence-corrected chi connectivity index (χ0v) is 12.3. The van der Waals surface area contributed by atoms with Gasteiger partial charge in [-0.25, -0.2) is 0 Å². The van der Waals surface area contributed by atoms with E-state index in [1.54, 1.807) is 0 Å². The molecule has 1 fully saturated rings. The first-order valence-electron chi connectivity index (χ1n) is 7.02. The number of hydrogen-bond donors (Lipinski definition) is 1. The highest BCUT2D eigenvalue weighted by molar-refractivity contribution is 5.50. The van der Waals surface area contributed by atoms with Crippen molar-refractivity contribution in [1.29, 1.82) is 0 Å². The molecule has 1 atom stereocenters. The van der Waals surface area contributed by atoms with Crippen LogP contribution < -0.4 is 10.2 Å². The molecule has 1 N–H and O–H groups in total. The maximum absolute atomic E-state index is 4.58. The zero-order valence-electron chi connectivity index (χ0n) is 12.3. The third-order valence-corrected chi connectivity index (χ3v) is 4.11. The van der Waals surface area contributed by atoms with E-state index < -0.39 is 0 Å². The van der Waals surface area contributed by atoms with E-state index in [0.717, 1.165) is 24.7 Å². The Bertz CT molecular complexity index is 406. The van der Waals surface area contributed by atoms with Gasteiger partial charge in [0.15, 0.2) is 0 Å². The zero-order chi connectivity index (χ0) is 13.3. The van der Waals surface area contributed by atoms with Gasteiger partial charge in [0, 0.05) is 32.2 Å². The Morgan fingerprint density at radius 3 is 2.72 bits per heavy atom. The van der Waals surface area contributed by atoms with Crippen LogP contribution in [0, 0.1) is 12.8 Å². The van der Waals surface area contributed by atoms with Crippen LogP contribution in [-0.2, 0) is 13.6 Å². The van der Waals surface area contributed by atoms with Gasteiger partial charge < -0.3 is 10.2 Å². The Morgan fingerprint density at radius 2 is 2.17 bits per heavy atom. The summed E-state index contributed by atoms with van der Waals surface area (Å²) in [7, 11) is 4.25. The van der Waals surface area contributed by atoms with Crippen molar-refractivity contribution in [2.45, 2.75) is 46.2 Å². The first kappa shape index (κ1) is 13.4. The van der Waals surface area contributed by atoms with Crippen molar-refractivity contribution < 1.29 is 0 Å². The Balaban J connectivity index is 2.23. The molecule has 18 heavy (non-hydrogen) atoms. The Morgan fingerprint density at radius 1 is 1.50 bits per heavy atom. The molecule has 0 saturated heterocycles. The van der Waals surface area contributed by atoms with Gasteiger partial charge in [0.1, 0.15) is 5.82 Å². The lowest BCUT2D eigenvalue weighted by Crippen LogP contribution is -2.33. The van der Waals surface area contributed by atoms with Gasteiger partial charge >= 0.3 is 0 Å². The van der Waals surface area contributed by atoms with E-state index in [1.807, 2.05) is 11.7 Å². The minimum atomic E-state index is 0.611. The highest BCUT2D eigenvalue weighted by Crippen LogP contribution is 2.37. The van der Waals surface area contributed by atoms with Crippen LogP contribution in [0.25, 0.3) is 0 Å². The molecule has 0 spiro atoms. The van der Waals surface area contributed by atoms with Crippen molar-refractivity contribution in [3.05, 3.63) is 11.3 Å².